The number of ether oxygens (including phenoxy) is 1. The molecule has 1 aromatic carbocycles. The van der Waals surface area contributed by atoms with E-state index in [1.807, 2.05) is 0 Å². The summed E-state index contributed by atoms with van der Waals surface area (Å²) in [4.78, 5) is 23.1. The van der Waals surface area contributed by atoms with Gasteiger partial charge in [-0.25, -0.2) is 4.79 Å². The summed E-state index contributed by atoms with van der Waals surface area (Å²) in [6.07, 6.45) is 0. The molecule has 3 rings (SSSR count). The number of phenolic OH excluding ortho intramolecular Hbond substituents is 1. The Morgan fingerprint density at radius 1 is 1.25 bits per heavy atom. The van der Waals surface area contributed by atoms with Crippen LogP contribution >= 0.6 is 0 Å². The van der Waals surface area contributed by atoms with Crippen LogP contribution in [0.3, 0.4) is 0 Å². The van der Waals surface area contributed by atoms with Crippen LogP contribution in [0.15, 0.2) is 27.4 Å². The monoisotopic (exact) mass is 218 g/mol. The quantitative estimate of drug-likeness (QED) is 0.671. The van der Waals surface area contributed by atoms with Crippen molar-refractivity contribution < 1.29 is 19.1 Å². The molecule has 16 heavy (non-hydrogen) atoms. The lowest BCUT2D eigenvalue weighted by atomic mass is 10.1. The number of carbonyl (C=O) groups excluding carboxylic acids is 1. The summed E-state index contributed by atoms with van der Waals surface area (Å²) in [6, 6.07) is 4.14. The van der Waals surface area contributed by atoms with Gasteiger partial charge in [0.1, 0.15) is 17.9 Å². The highest BCUT2D eigenvalue weighted by molar-refractivity contribution is 5.93. The molecule has 5 nitrogen and oxygen atoms in total. The van der Waals surface area contributed by atoms with E-state index in [9.17, 15) is 14.7 Å². The molecule has 1 aliphatic heterocycles. The number of phenols is 1. The molecule has 0 bridgehead atoms. The van der Waals surface area contributed by atoms with Gasteiger partial charge in [0.05, 0.1) is 10.9 Å². The number of benzene rings is 1. The van der Waals surface area contributed by atoms with E-state index in [0.29, 0.717) is 5.39 Å². The van der Waals surface area contributed by atoms with Gasteiger partial charge in [-0.05, 0) is 12.1 Å². The Morgan fingerprint density at radius 3 is 2.88 bits per heavy atom. The minimum Gasteiger partial charge on any atom is -0.508 e. The molecule has 0 aliphatic carbocycles. The number of hydrogen-bond donors (Lipinski definition) is 1. The second kappa shape index (κ2) is 2.85. The molecule has 2 heterocycles. The minimum absolute atomic E-state index is 0.0260. The van der Waals surface area contributed by atoms with E-state index in [1.54, 1.807) is 0 Å². The fourth-order valence-electron chi connectivity index (χ4n) is 1.72. The number of hydrogen-bond acceptors (Lipinski definition) is 5. The van der Waals surface area contributed by atoms with Gasteiger partial charge in [0.2, 0.25) is 5.76 Å². The van der Waals surface area contributed by atoms with Gasteiger partial charge in [0.15, 0.2) is 5.43 Å². The topological polar surface area (TPSA) is 76.7 Å². The van der Waals surface area contributed by atoms with Gasteiger partial charge in [-0.3, -0.25) is 4.79 Å². The number of aromatic hydroxyl groups is 1. The fraction of sp³-hybridized carbons (Fsp3) is 0.0909. The summed E-state index contributed by atoms with van der Waals surface area (Å²) in [5, 5.41) is 9.59. The van der Waals surface area contributed by atoms with Crippen molar-refractivity contribution in [2.75, 3.05) is 0 Å². The van der Waals surface area contributed by atoms with Crippen LogP contribution in [0.25, 0.3) is 11.0 Å². The first-order valence-electron chi connectivity index (χ1n) is 4.62. The zero-order valence-corrected chi connectivity index (χ0v) is 8.02. The highest BCUT2D eigenvalue weighted by atomic mass is 16.6. The third-order valence-electron chi connectivity index (χ3n) is 2.50. The largest absolute Gasteiger partial charge is 0.508 e. The van der Waals surface area contributed by atoms with Crippen molar-refractivity contribution in [2.45, 2.75) is 6.61 Å². The Morgan fingerprint density at radius 2 is 2.06 bits per heavy atom. The second-order valence-electron chi connectivity index (χ2n) is 3.50. The van der Waals surface area contributed by atoms with Crippen molar-refractivity contribution in [3.63, 3.8) is 0 Å². The zero-order valence-electron chi connectivity index (χ0n) is 8.02. The van der Waals surface area contributed by atoms with Gasteiger partial charge in [-0.1, -0.05) is 0 Å². The van der Waals surface area contributed by atoms with E-state index in [1.165, 1.54) is 18.2 Å². The summed E-state index contributed by atoms with van der Waals surface area (Å²) in [7, 11) is 0. The van der Waals surface area contributed by atoms with Crippen LogP contribution in [0.4, 0.5) is 0 Å². The van der Waals surface area contributed by atoms with Crippen molar-refractivity contribution in [1.29, 1.82) is 0 Å². The van der Waals surface area contributed by atoms with Crippen LogP contribution in [0.1, 0.15) is 16.1 Å². The first-order chi connectivity index (χ1) is 7.66. The fourth-order valence-corrected chi connectivity index (χ4v) is 1.72. The van der Waals surface area contributed by atoms with Crippen molar-refractivity contribution in [2.24, 2.45) is 0 Å². The first-order valence-corrected chi connectivity index (χ1v) is 4.62. The Balaban J connectivity index is 2.48. The molecular formula is C11H6O5. The highest BCUT2D eigenvalue weighted by Crippen LogP contribution is 2.24. The van der Waals surface area contributed by atoms with Gasteiger partial charge in [-0.15, -0.1) is 0 Å². The summed E-state index contributed by atoms with van der Waals surface area (Å²) in [5.74, 6) is -0.734. The molecule has 1 aliphatic rings. The minimum atomic E-state index is -0.641. The van der Waals surface area contributed by atoms with Gasteiger partial charge in [-0.2, -0.15) is 0 Å². The third-order valence-corrected chi connectivity index (χ3v) is 2.50. The van der Waals surface area contributed by atoms with Gasteiger partial charge >= 0.3 is 5.97 Å². The third kappa shape index (κ3) is 1.05. The van der Waals surface area contributed by atoms with Crippen LogP contribution in [-0.4, -0.2) is 11.1 Å². The number of rotatable bonds is 0. The smallest absolute Gasteiger partial charge is 0.375 e. The number of carbonyl (C=O) groups is 1. The van der Waals surface area contributed by atoms with E-state index in [0.717, 1.165) is 0 Å². The maximum atomic E-state index is 11.9. The van der Waals surface area contributed by atoms with E-state index < -0.39 is 5.97 Å². The molecule has 0 saturated heterocycles. The lowest BCUT2D eigenvalue weighted by Gasteiger charge is -1.99. The van der Waals surface area contributed by atoms with E-state index >= 15 is 0 Å². The standard InChI is InChI=1S/C11H6O5/c12-5-1-2-6-8(3-5)16-10-7(9(6)13)4-15-11(10)14/h1-3,12H,4H2. The average molecular weight is 218 g/mol. The zero-order chi connectivity index (χ0) is 11.3. The molecule has 0 atom stereocenters. The van der Waals surface area contributed by atoms with E-state index in [4.69, 9.17) is 9.15 Å². The Labute approximate surface area is 88.9 Å². The lowest BCUT2D eigenvalue weighted by molar-refractivity contribution is 0.0512. The first kappa shape index (κ1) is 8.96. The number of cyclic esters (lactones) is 1. The Hall–Kier alpha value is -2.30. The van der Waals surface area contributed by atoms with Crippen molar-refractivity contribution in [1.82, 2.24) is 0 Å². The predicted octanol–water partition coefficient (Wildman–Crippen LogP) is 1.17. The number of fused-ring (bicyclic) bond motifs is 2. The molecule has 80 valence electrons. The molecule has 0 radical (unpaired) electrons. The van der Waals surface area contributed by atoms with Crippen LogP contribution < -0.4 is 5.43 Å². The van der Waals surface area contributed by atoms with Crippen LogP contribution in [0.5, 0.6) is 5.75 Å². The molecule has 0 saturated carbocycles. The Kier molecular flexibility index (Phi) is 1.60. The maximum absolute atomic E-state index is 11.9. The van der Waals surface area contributed by atoms with Gasteiger partial charge in [0.25, 0.3) is 0 Å². The number of esters is 1. The summed E-state index contributed by atoms with van der Waals surface area (Å²) < 4.78 is 9.95. The molecule has 0 amide bonds. The molecule has 1 aromatic heterocycles. The van der Waals surface area contributed by atoms with Crippen molar-refractivity contribution in [3.8, 4) is 5.75 Å². The molecule has 2 aromatic rings. The highest BCUT2D eigenvalue weighted by Gasteiger charge is 2.28. The summed E-state index contributed by atoms with van der Waals surface area (Å²) in [6.45, 7) is -0.0483. The van der Waals surface area contributed by atoms with Gasteiger partial charge in [0, 0.05) is 6.07 Å². The summed E-state index contributed by atoms with van der Waals surface area (Å²) >= 11 is 0. The average Bonchev–Trinajstić information content (AvgIpc) is 2.61. The van der Waals surface area contributed by atoms with E-state index in [-0.39, 0.29) is 34.7 Å². The molecule has 0 spiro atoms. The lowest BCUT2D eigenvalue weighted by Crippen LogP contribution is -2.09. The van der Waals surface area contributed by atoms with Crippen LogP contribution in [0, 0.1) is 0 Å². The molecule has 1 N–H and O–H groups in total. The second-order valence-corrected chi connectivity index (χ2v) is 3.50. The van der Waals surface area contributed by atoms with Crippen LogP contribution in [-0.2, 0) is 11.3 Å². The normalized spacial score (nSPS) is 13.9. The molecular weight excluding hydrogens is 212 g/mol. The van der Waals surface area contributed by atoms with Gasteiger partial charge < -0.3 is 14.3 Å². The van der Waals surface area contributed by atoms with Crippen molar-refractivity contribution in [3.05, 3.63) is 39.7 Å². The SMILES string of the molecule is O=C1OCc2c1oc1cc(O)ccc1c2=O. The van der Waals surface area contributed by atoms with E-state index in [2.05, 4.69) is 0 Å². The summed E-state index contributed by atoms with van der Waals surface area (Å²) in [5.41, 5.74) is 0.132. The maximum Gasteiger partial charge on any atom is 0.375 e. The molecule has 0 unspecified atom stereocenters. The van der Waals surface area contributed by atoms with Crippen LogP contribution in [0.2, 0.25) is 0 Å². The molecule has 5 heteroatoms. The molecule has 0 fully saturated rings. The predicted molar refractivity (Wildman–Crippen MR) is 53.3 cm³/mol. The van der Waals surface area contributed by atoms with Crippen molar-refractivity contribution >= 4 is 16.9 Å². The Bertz CT molecular complexity index is 668.